The molecule has 0 saturated heterocycles. The summed E-state index contributed by atoms with van der Waals surface area (Å²) in [5.74, 6) is -5.96. The molecule has 0 atom stereocenters. The zero-order valence-electron chi connectivity index (χ0n) is 9.22. The largest absolute Gasteiger partial charge is 0.390 e. The highest BCUT2D eigenvalue weighted by Gasteiger charge is 2.28. The van der Waals surface area contributed by atoms with Crippen LogP contribution in [0.1, 0.15) is 5.56 Å². The van der Waals surface area contributed by atoms with E-state index in [2.05, 4.69) is 0 Å². The number of aliphatic hydroxyl groups excluding tert-OH is 1. The van der Waals surface area contributed by atoms with Gasteiger partial charge in [-0.25, -0.2) is 17.6 Å². The third kappa shape index (κ3) is 4.33. The van der Waals surface area contributed by atoms with Gasteiger partial charge in [-0.1, -0.05) is 6.07 Å². The first-order valence-electron chi connectivity index (χ1n) is 5.03. The maximum absolute atomic E-state index is 13.1. The van der Waals surface area contributed by atoms with Gasteiger partial charge in [0.05, 0.1) is 13.0 Å². The Kier molecular flexibility index (Phi) is 4.66. The van der Waals surface area contributed by atoms with Gasteiger partial charge in [-0.3, -0.25) is 4.79 Å². The van der Waals surface area contributed by atoms with Gasteiger partial charge in [0, 0.05) is 6.07 Å². The van der Waals surface area contributed by atoms with Crippen LogP contribution in [0.25, 0.3) is 0 Å². The number of hydrogen-bond donors (Lipinski definition) is 2. The molecule has 0 aliphatic carbocycles. The third-order valence-corrected chi connectivity index (χ3v) is 2.14. The van der Waals surface area contributed by atoms with Crippen LogP contribution in [0.5, 0.6) is 0 Å². The fourth-order valence-corrected chi connectivity index (χ4v) is 1.18. The predicted octanol–water partition coefficient (Wildman–Crippen LogP) is 1.25. The van der Waals surface area contributed by atoms with Crippen molar-refractivity contribution in [1.29, 1.82) is 0 Å². The van der Waals surface area contributed by atoms with Crippen LogP contribution in [0, 0.1) is 11.6 Å². The molecular formula is C11H11F4NO2. The first kappa shape index (κ1) is 14.4. The summed E-state index contributed by atoms with van der Waals surface area (Å²) in [5.41, 5.74) is -0.0961. The number of carbonyl (C=O) groups is 1. The van der Waals surface area contributed by atoms with E-state index >= 15 is 0 Å². The average molecular weight is 265 g/mol. The van der Waals surface area contributed by atoms with Crippen molar-refractivity contribution < 1.29 is 27.5 Å². The molecule has 1 amide bonds. The minimum atomic E-state index is -3.42. The van der Waals surface area contributed by atoms with Crippen molar-refractivity contribution in [3.63, 3.8) is 0 Å². The highest BCUT2D eigenvalue weighted by Crippen LogP contribution is 2.12. The average Bonchev–Trinajstić information content (AvgIpc) is 2.30. The lowest BCUT2D eigenvalue weighted by atomic mass is 10.1. The molecule has 0 aliphatic heterocycles. The van der Waals surface area contributed by atoms with Crippen molar-refractivity contribution in [2.45, 2.75) is 12.3 Å². The number of carbonyl (C=O) groups excluding carboxylic acids is 1. The Bertz CT molecular complexity index is 437. The molecule has 1 aromatic carbocycles. The Labute approximate surface area is 100 Å². The van der Waals surface area contributed by atoms with Crippen LogP contribution in [-0.4, -0.2) is 30.1 Å². The van der Waals surface area contributed by atoms with Crippen molar-refractivity contribution in [1.82, 2.24) is 5.32 Å². The minimum Gasteiger partial charge on any atom is -0.390 e. The Balaban J connectivity index is 2.55. The van der Waals surface area contributed by atoms with Crippen LogP contribution in [0.3, 0.4) is 0 Å². The standard InChI is InChI=1S/C11H11F4NO2/c12-8-2-1-7(9(13)4-8)3-10(18)16-5-11(14,15)6-17/h1-2,4,17H,3,5-6H2,(H,16,18). The van der Waals surface area contributed by atoms with Crippen molar-refractivity contribution in [2.24, 2.45) is 0 Å². The highest BCUT2D eigenvalue weighted by molar-refractivity contribution is 5.78. The van der Waals surface area contributed by atoms with Crippen LogP contribution in [0.4, 0.5) is 17.6 Å². The molecule has 0 spiro atoms. The Morgan fingerprint density at radius 2 is 2.00 bits per heavy atom. The van der Waals surface area contributed by atoms with E-state index in [4.69, 9.17) is 5.11 Å². The molecule has 100 valence electrons. The maximum atomic E-state index is 13.1. The number of rotatable bonds is 5. The summed E-state index contributed by atoms with van der Waals surface area (Å²) in [6.45, 7) is -2.43. The van der Waals surface area contributed by atoms with Crippen LogP contribution >= 0.6 is 0 Å². The molecule has 0 aromatic heterocycles. The second-order valence-corrected chi connectivity index (χ2v) is 3.70. The molecule has 1 rings (SSSR count). The zero-order chi connectivity index (χ0) is 13.8. The van der Waals surface area contributed by atoms with E-state index in [-0.39, 0.29) is 5.56 Å². The summed E-state index contributed by atoms with van der Waals surface area (Å²) in [7, 11) is 0. The van der Waals surface area contributed by atoms with Crippen molar-refractivity contribution in [3.05, 3.63) is 35.4 Å². The molecule has 0 unspecified atom stereocenters. The number of benzene rings is 1. The first-order valence-corrected chi connectivity index (χ1v) is 5.03. The fraction of sp³-hybridized carbons (Fsp3) is 0.364. The van der Waals surface area contributed by atoms with Crippen molar-refractivity contribution in [2.75, 3.05) is 13.2 Å². The van der Waals surface area contributed by atoms with E-state index in [1.807, 2.05) is 5.32 Å². The fourth-order valence-electron chi connectivity index (χ4n) is 1.18. The van der Waals surface area contributed by atoms with Gasteiger partial charge < -0.3 is 10.4 Å². The van der Waals surface area contributed by atoms with Gasteiger partial charge in [0.25, 0.3) is 5.92 Å². The molecule has 0 saturated carbocycles. The SMILES string of the molecule is O=C(Cc1ccc(F)cc1F)NCC(F)(F)CO. The number of aliphatic hydroxyl groups is 1. The topological polar surface area (TPSA) is 49.3 Å². The van der Waals surface area contributed by atoms with E-state index in [1.165, 1.54) is 0 Å². The molecule has 0 bridgehead atoms. The normalized spacial score (nSPS) is 11.4. The van der Waals surface area contributed by atoms with Gasteiger partial charge in [-0.05, 0) is 11.6 Å². The quantitative estimate of drug-likeness (QED) is 0.787. The van der Waals surface area contributed by atoms with Gasteiger partial charge >= 0.3 is 0 Å². The monoisotopic (exact) mass is 265 g/mol. The Morgan fingerprint density at radius 3 is 2.56 bits per heavy atom. The van der Waals surface area contributed by atoms with Crippen molar-refractivity contribution in [3.8, 4) is 0 Å². The Hall–Kier alpha value is -1.63. The minimum absolute atomic E-state index is 0.0961. The molecule has 7 heteroatoms. The second kappa shape index (κ2) is 5.81. The molecule has 18 heavy (non-hydrogen) atoms. The smallest absolute Gasteiger partial charge is 0.287 e. The van der Waals surface area contributed by atoms with Crippen LogP contribution < -0.4 is 5.32 Å². The number of alkyl halides is 2. The lowest BCUT2D eigenvalue weighted by molar-refractivity contribution is -0.123. The molecular weight excluding hydrogens is 254 g/mol. The number of halogens is 4. The number of amides is 1. The van der Waals surface area contributed by atoms with Crippen LogP contribution in [-0.2, 0) is 11.2 Å². The van der Waals surface area contributed by atoms with Gasteiger partial charge in [0.2, 0.25) is 5.91 Å². The summed E-state index contributed by atoms with van der Waals surface area (Å²) >= 11 is 0. The lowest BCUT2D eigenvalue weighted by Crippen LogP contribution is -2.39. The first-order chi connectivity index (χ1) is 8.34. The third-order valence-electron chi connectivity index (χ3n) is 2.14. The van der Waals surface area contributed by atoms with Gasteiger partial charge in [-0.2, -0.15) is 0 Å². The zero-order valence-corrected chi connectivity index (χ0v) is 9.22. The molecule has 0 heterocycles. The molecule has 0 radical (unpaired) electrons. The maximum Gasteiger partial charge on any atom is 0.287 e. The summed E-state index contributed by atoms with van der Waals surface area (Å²) < 4.78 is 50.9. The van der Waals surface area contributed by atoms with Gasteiger partial charge in [0.1, 0.15) is 18.2 Å². The van der Waals surface area contributed by atoms with Gasteiger partial charge in [0.15, 0.2) is 0 Å². The molecule has 0 fully saturated rings. The van der Waals surface area contributed by atoms with E-state index in [1.54, 1.807) is 0 Å². The molecule has 2 N–H and O–H groups in total. The molecule has 0 aliphatic rings. The number of nitrogens with one attached hydrogen (secondary N) is 1. The summed E-state index contributed by atoms with van der Waals surface area (Å²) in [6.07, 6.45) is -0.479. The summed E-state index contributed by atoms with van der Waals surface area (Å²) in [4.78, 5) is 11.2. The van der Waals surface area contributed by atoms with Gasteiger partial charge in [-0.15, -0.1) is 0 Å². The van der Waals surface area contributed by atoms with Crippen LogP contribution in [0.2, 0.25) is 0 Å². The van der Waals surface area contributed by atoms with E-state index in [9.17, 15) is 22.4 Å². The Morgan fingerprint density at radius 1 is 1.33 bits per heavy atom. The van der Waals surface area contributed by atoms with E-state index in [0.29, 0.717) is 6.07 Å². The highest BCUT2D eigenvalue weighted by atomic mass is 19.3. The van der Waals surface area contributed by atoms with Crippen molar-refractivity contribution >= 4 is 5.91 Å². The second-order valence-electron chi connectivity index (χ2n) is 3.70. The molecule has 1 aromatic rings. The van der Waals surface area contributed by atoms with E-state index < -0.39 is 43.0 Å². The summed E-state index contributed by atoms with van der Waals surface area (Å²) in [6, 6.07) is 2.63. The predicted molar refractivity (Wildman–Crippen MR) is 55.1 cm³/mol. The molecule has 3 nitrogen and oxygen atoms in total. The number of hydrogen-bond acceptors (Lipinski definition) is 2. The van der Waals surface area contributed by atoms with Crippen LogP contribution in [0.15, 0.2) is 18.2 Å². The summed E-state index contributed by atoms with van der Waals surface area (Å²) in [5, 5.41) is 10.1. The lowest BCUT2D eigenvalue weighted by Gasteiger charge is -2.13. The van der Waals surface area contributed by atoms with E-state index in [0.717, 1.165) is 12.1 Å².